The molecule has 2 N–H and O–H groups in total. The molecule has 1 aliphatic rings. The fourth-order valence-corrected chi connectivity index (χ4v) is 2.61. The average molecular weight is 266 g/mol. The van der Waals surface area contributed by atoms with Gasteiger partial charge in [0.05, 0.1) is 0 Å². The fourth-order valence-electron chi connectivity index (χ4n) is 2.61. The number of carboxylic acid groups (broad SMARTS) is 1. The summed E-state index contributed by atoms with van der Waals surface area (Å²) in [6.07, 6.45) is 2.28. The van der Waals surface area contributed by atoms with Crippen molar-refractivity contribution >= 4 is 5.97 Å². The van der Waals surface area contributed by atoms with Gasteiger partial charge in [-0.3, -0.25) is 9.36 Å². The van der Waals surface area contributed by atoms with Gasteiger partial charge in [0.2, 0.25) is 0 Å². The average Bonchev–Trinajstić information content (AvgIpc) is 2.80. The molecule has 0 aliphatic carbocycles. The van der Waals surface area contributed by atoms with Crippen LogP contribution in [0.2, 0.25) is 0 Å². The summed E-state index contributed by atoms with van der Waals surface area (Å²) in [5, 5.41) is 18.5. The van der Waals surface area contributed by atoms with Crippen LogP contribution >= 0.6 is 0 Å². The zero-order chi connectivity index (χ0) is 14.0. The fraction of sp³-hybridized carbons (Fsp3) is 0.538. The number of aromatic carboxylic acids is 1. The minimum Gasteiger partial charge on any atom is -0.508 e. The molecule has 0 bridgehead atoms. The number of hydrogen-bond acceptors (Lipinski definition) is 4. The van der Waals surface area contributed by atoms with E-state index in [-0.39, 0.29) is 17.5 Å². The van der Waals surface area contributed by atoms with Crippen molar-refractivity contribution in [3.8, 4) is 5.75 Å². The highest BCUT2D eigenvalue weighted by Crippen LogP contribution is 2.16. The molecule has 6 heteroatoms. The zero-order valence-corrected chi connectivity index (χ0v) is 10.9. The van der Waals surface area contributed by atoms with E-state index in [0.717, 1.165) is 38.1 Å². The summed E-state index contributed by atoms with van der Waals surface area (Å²) in [5.41, 5.74) is -0.652. The SMILES string of the molecule is CC(CN1CCCC1)n1c(C(=O)O)cc(O)cc1=O. The quantitative estimate of drug-likeness (QED) is 0.846. The number of aromatic hydroxyl groups is 1. The van der Waals surface area contributed by atoms with Gasteiger partial charge >= 0.3 is 5.97 Å². The van der Waals surface area contributed by atoms with Gasteiger partial charge in [0.1, 0.15) is 11.4 Å². The molecule has 104 valence electrons. The summed E-state index contributed by atoms with van der Waals surface area (Å²) in [6, 6.07) is 1.93. The molecular formula is C13H18N2O4. The molecule has 1 atom stereocenters. The Bertz CT molecular complexity index is 532. The Hall–Kier alpha value is -1.82. The second kappa shape index (κ2) is 5.44. The van der Waals surface area contributed by atoms with Crippen LogP contribution in [0, 0.1) is 0 Å². The first-order chi connectivity index (χ1) is 8.99. The Balaban J connectivity index is 2.31. The van der Waals surface area contributed by atoms with Crippen molar-refractivity contribution in [2.45, 2.75) is 25.8 Å². The smallest absolute Gasteiger partial charge is 0.352 e. The third-order valence-corrected chi connectivity index (χ3v) is 3.43. The highest BCUT2D eigenvalue weighted by atomic mass is 16.4. The molecule has 0 radical (unpaired) electrons. The molecule has 0 spiro atoms. The normalized spacial score (nSPS) is 17.5. The molecule has 1 aromatic heterocycles. The first-order valence-corrected chi connectivity index (χ1v) is 6.40. The number of rotatable bonds is 4. The van der Waals surface area contributed by atoms with Crippen LogP contribution in [0.3, 0.4) is 0 Å². The van der Waals surface area contributed by atoms with E-state index in [4.69, 9.17) is 5.11 Å². The number of hydrogen-bond donors (Lipinski definition) is 2. The van der Waals surface area contributed by atoms with Crippen LogP contribution in [-0.2, 0) is 0 Å². The van der Waals surface area contributed by atoms with E-state index in [1.54, 1.807) is 0 Å². The second-order valence-electron chi connectivity index (χ2n) is 4.97. The summed E-state index contributed by atoms with van der Waals surface area (Å²) in [5.74, 6) is -1.52. The number of carboxylic acids is 1. The number of nitrogens with zero attached hydrogens (tertiary/aromatic N) is 2. The highest BCUT2D eigenvalue weighted by Gasteiger charge is 2.21. The number of pyridine rings is 1. The van der Waals surface area contributed by atoms with Crippen molar-refractivity contribution in [3.63, 3.8) is 0 Å². The third-order valence-electron chi connectivity index (χ3n) is 3.43. The molecule has 6 nitrogen and oxygen atoms in total. The minimum absolute atomic E-state index is 0.170. The van der Waals surface area contributed by atoms with Gasteiger partial charge in [-0.05, 0) is 32.9 Å². The molecule has 1 aromatic rings. The largest absolute Gasteiger partial charge is 0.508 e. The second-order valence-corrected chi connectivity index (χ2v) is 4.97. The predicted molar refractivity (Wildman–Crippen MR) is 69.7 cm³/mol. The molecule has 1 aliphatic heterocycles. The van der Waals surface area contributed by atoms with Gasteiger partial charge < -0.3 is 15.1 Å². The maximum absolute atomic E-state index is 11.9. The summed E-state index contributed by atoms with van der Waals surface area (Å²) >= 11 is 0. The summed E-state index contributed by atoms with van der Waals surface area (Å²) < 4.78 is 1.24. The first-order valence-electron chi connectivity index (χ1n) is 6.40. The van der Waals surface area contributed by atoms with E-state index in [2.05, 4.69) is 4.90 Å². The highest BCUT2D eigenvalue weighted by molar-refractivity contribution is 5.86. The van der Waals surface area contributed by atoms with Gasteiger partial charge in [-0.15, -0.1) is 0 Å². The van der Waals surface area contributed by atoms with Crippen LogP contribution in [0.15, 0.2) is 16.9 Å². The molecule has 0 saturated carbocycles. The number of aromatic nitrogens is 1. The Labute approximate surface area is 110 Å². The molecule has 0 aromatic carbocycles. The van der Waals surface area contributed by atoms with Crippen LogP contribution in [0.1, 0.15) is 36.3 Å². The molecular weight excluding hydrogens is 248 g/mol. The standard InChI is InChI=1S/C13H18N2O4/c1-9(8-14-4-2-3-5-14)15-11(13(18)19)6-10(16)7-12(15)17/h6-7,9,16H,2-5,8H2,1H3,(H,18,19). The van der Waals surface area contributed by atoms with Gasteiger partial charge in [0.15, 0.2) is 0 Å². The van der Waals surface area contributed by atoms with Gasteiger partial charge in [-0.25, -0.2) is 4.79 Å². The van der Waals surface area contributed by atoms with Crippen molar-refractivity contribution in [2.24, 2.45) is 0 Å². The topological polar surface area (TPSA) is 82.8 Å². The van der Waals surface area contributed by atoms with E-state index in [1.165, 1.54) is 4.57 Å². The first kappa shape index (κ1) is 13.6. The van der Waals surface area contributed by atoms with Gasteiger partial charge in [-0.1, -0.05) is 0 Å². The van der Waals surface area contributed by atoms with Crippen molar-refractivity contribution in [3.05, 3.63) is 28.2 Å². The Morgan fingerprint density at radius 2 is 2.00 bits per heavy atom. The number of likely N-dealkylation sites (tertiary alicyclic amines) is 1. The van der Waals surface area contributed by atoms with Gasteiger partial charge in [-0.2, -0.15) is 0 Å². The maximum atomic E-state index is 11.9. The van der Waals surface area contributed by atoms with E-state index in [9.17, 15) is 14.7 Å². The Morgan fingerprint density at radius 1 is 1.37 bits per heavy atom. The lowest BCUT2D eigenvalue weighted by Crippen LogP contribution is -2.34. The van der Waals surface area contributed by atoms with Crippen LogP contribution in [-0.4, -0.2) is 45.3 Å². The van der Waals surface area contributed by atoms with E-state index in [0.29, 0.717) is 6.54 Å². The van der Waals surface area contributed by atoms with E-state index in [1.807, 2.05) is 6.92 Å². The lowest BCUT2D eigenvalue weighted by atomic mass is 10.2. The minimum atomic E-state index is -1.21. The number of carbonyl (C=O) groups is 1. The van der Waals surface area contributed by atoms with Crippen molar-refractivity contribution < 1.29 is 15.0 Å². The summed E-state index contributed by atoms with van der Waals surface area (Å²) in [4.78, 5) is 25.3. The molecule has 2 heterocycles. The van der Waals surface area contributed by atoms with E-state index >= 15 is 0 Å². The molecule has 2 rings (SSSR count). The van der Waals surface area contributed by atoms with Crippen LogP contribution < -0.4 is 5.56 Å². The lowest BCUT2D eigenvalue weighted by molar-refractivity contribution is 0.0678. The van der Waals surface area contributed by atoms with E-state index < -0.39 is 11.5 Å². The van der Waals surface area contributed by atoms with Gasteiger partial charge in [0, 0.05) is 24.7 Å². The Kier molecular flexibility index (Phi) is 3.90. The summed E-state index contributed by atoms with van der Waals surface area (Å²) in [6.45, 7) is 4.44. The van der Waals surface area contributed by atoms with Crippen molar-refractivity contribution in [2.75, 3.05) is 19.6 Å². The molecule has 1 saturated heterocycles. The molecule has 1 fully saturated rings. The lowest BCUT2D eigenvalue weighted by Gasteiger charge is -2.23. The van der Waals surface area contributed by atoms with Crippen molar-refractivity contribution in [1.29, 1.82) is 0 Å². The van der Waals surface area contributed by atoms with Crippen LogP contribution in [0.4, 0.5) is 0 Å². The predicted octanol–water partition coefficient (Wildman–Crippen LogP) is 0.909. The van der Waals surface area contributed by atoms with Crippen LogP contribution in [0.25, 0.3) is 0 Å². The van der Waals surface area contributed by atoms with Crippen molar-refractivity contribution in [1.82, 2.24) is 9.47 Å². The van der Waals surface area contributed by atoms with Gasteiger partial charge in [0.25, 0.3) is 5.56 Å². The third kappa shape index (κ3) is 2.96. The zero-order valence-electron chi connectivity index (χ0n) is 10.9. The molecule has 1 unspecified atom stereocenters. The molecule has 19 heavy (non-hydrogen) atoms. The maximum Gasteiger partial charge on any atom is 0.352 e. The monoisotopic (exact) mass is 266 g/mol. The Morgan fingerprint density at radius 3 is 2.58 bits per heavy atom. The van der Waals surface area contributed by atoms with Crippen LogP contribution in [0.5, 0.6) is 5.75 Å². The summed E-state index contributed by atoms with van der Waals surface area (Å²) in [7, 11) is 0. The molecule has 0 amide bonds.